The first-order valence-electron chi connectivity index (χ1n) is 2.98. The predicted molar refractivity (Wildman–Crippen MR) is 42.7 cm³/mol. The minimum atomic E-state index is -1.25. The summed E-state index contributed by atoms with van der Waals surface area (Å²) >= 11 is 0. The van der Waals surface area contributed by atoms with E-state index in [-0.39, 0.29) is 11.1 Å². The lowest BCUT2D eigenvalue weighted by atomic mass is 10.2. The number of carboxylic acids is 2. The minimum absolute atomic E-state index is 0.192. The Hall–Kier alpha value is -1.84. The Balaban J connectivity index is 4.72. The lowest BCUT2D eigenvalue weighted by Crippen LogP contribution is -2.01. The summed E-state index contributed by atoms with van der Waals surface area (Å²) in [7, 11) is 0. The summed E-state index contributed by atoms with van der Waals surface area (Å²) < 4.78 is 0. The average molecular weight is 168 g/mol. The largest absolute Gasteiger partial charge is 0.478 e. The van der Waals surface area contributed by atoms with Gasteiger partial charge < -0.3 is 10.2 Å². The van der Waals surface area contributed by atoms with Crippen molar-refractivity contribution in [3.63, 3.8) is 0 Å². The van der Waals surface area contributed by atoms with E-state index in [0.717, 1.165) is 12.2 Å². The third-order valence-electron chi connectivity index (χ3n) is 1.07. The van der Waals surface area contributed by atoms with E-state index in [2.05, 4.69) is 13.2 Å². The smallest absolute Gasteiger partial charge is 0.335 e. The fraction of sp³-hybridized carbons (Fsp3) is 0. The molecule has 0 aromatic carbocycles. The van der Waals surface area contributed by atoms with Crippen molar-refractivity contribution in [3.05, 3.63) is 36.5 Å². The maximum absolute atomic E-state index is 10.3. The number of carboxylic acid groups (broad SMARTS) is 2. The zero-order valence-corrected chi connectivity index (χ0v) is 6.28. The first-order valence-corrected chi connectivity index (χ1v) is 2.98. The van der Waals surface area contributed by atoms with Crippen LogP contribution in [0.2, 0.25) is 0 Å². The molecular formula is C8H8O4. The molecule has 0 aliphatic carbocycles. The number of hydrogen-bond donors (Lipinski definition) is 2. The topological polar surface area (TPSA) is 74.6 Å². The number of rotatable bonds is 4. The number of aliphatic carboxylic acids is 2. The van der Waals surface area contributed by atoms with Crippen LogP contribution >= 0.6 is 0 Å². The van der Waals surface area contributed by atoms with Gasteiger partial charge in [0.2, 0.25) is 0 Å². The predicted octanol–water partition coefficient (Wildman–Crippen LogP) is 0.824. The molecule has 0 bridgehead atoms. The fourth-order valence-electron chi connectivity index (χ4n) is 0.457. The molecule has 0 atom stereocenters. The Labute approximate surface area is 69.1 Å². The van der Waals surface area contributed by atoms with Gasteiger partial charge in [-0.2, -0.15) is 0 Å². The zero-order valence-electron chi connectivity index (χ0n) is 6.28. The molecule has 0 heterocycles. The van der Waals surface area contributed by atoms with Crippen molar-refractivity contribution in [3.8, 4) is 0 Å². The molecule has 0 aliphatic rings. The van der Waals surface area contributed by atoms with Crippen LogP contribution in [0, 0.1) is 0 Å². The molecule has 2 N–H and O–H groups in total. The van der Waals surface area contributed by atoms with Crippen molar-refractivity contribution in [2.45, 2.75) is 0 Å². The van der Waals surface area contributed by atoms with Crippen molar-refractivity contribution in [1.82, 2.24) is 0 Å². The molecule has 0 aromatic rings. The summed E-state index contributed by atoms with van der Waals surface area (Å²) in [6.07, 6.45) is 1.99. The molecule has 0 radical (unpaired) electrons. The Morgan fingerprint density at radius 1 is 1.17 bits per heavy atom. The molecule has 0 saturated carbocycles. The van der Waals surface area contributed by atoms with Crippen LogP contribution in [-0.2, 0) is 9.59 Å². The summed E-state index contributed by atoms with van der Waals surface area (Å²) in [5.74, 6) is -2.48. The van der Waals surface area contributed by atoms with E-state index in [1.807, 2.05) is 0 Å². The van der Waals surface area contributed by atoms with E-state index in [0.29, 0.717) is 0 Å². The second-order valence-corrected chi connectivity index (χ2v) is 1.94. The van der Waals surface area contributed by atoms with Gasteiger partial charge in [0.05, 0.1) is 11.1 Å². The van der Waals surface area contributed by atoms with Crippen molar-refractivity contribution < 1.29 is 19.8 Å². The van der Waals surface area contributed by atoms with Gasteiger partial charge in [0.25, 0.3) is 0 Å². The van der Waals surface area contributed by atoms with Crippen molar-refractivity contribution in [2.24, 2.45) is 0 Å². The number of carbonyl (C=O) groups is 2. The van der Waals surface area contributed by atoms with Crippen LogP contribution in [-0.4, -0.2) is 22.2 Å². The molecule has 0 aliphatic heterocycles. The highest BCUT2D eigenvalue weighted by atomic mass is 16.4. The van der Waals surface area contributed by atoms with Gasteiger partial charge in [0.15, 0.2) is 0 Å². The van der Waals surface area contributed by atoms with Crippen molar-refractivity contribution >= 4 is 11.9 Å². The minimum Gasteiger partial charge on any atom is -0.478 e. The normalized spacial score (nSPS) is 10.5. The first kappa shape index (κ1) is 10.2. The molecule has 0 saturated heterocycles. The van der Waals surface area contributed by atoms with Gasteiger partial charge in [0, 0.05) is 0 Å². The van der Waals surface area contributed by atoms with Gasteiger partial charge in [-0.05, 0) is 6.08 Å². The Morgan fingerprint density at radius 3 is 1.92 bits per heavy atom. The molecule has 0 fully saturated rings. The van der Waals surface area contributed by atoms with Crippen LogP contribution in [0.4, 0.5) is 0 Å². The molecule has 0 unspecified atom stereocenters. The Kier molecular flexibility index (Phi) is 3.49. The fourth-order valence-corrected chi connectivity index (χ4v) is 0.457. The van der Waals surface area contributed by atoms with Gasteiger partial charge in [-0.1, -0.05) is 19.2 Å². The van der Waals surface area contributed by atoms with E-state index in [1.54, 1.807) is 0 Å². The SMILES string of the molecule is C=C/C(=C\C(=C)C(=O)O)C(=O)O. The maximum atomic E-state index is 10.3. The van der Waals surface area contributed by atoms with Gasteiger partial charge in [0.1, 0.15) is 0 Å². The van der Waals surface area contributed by atoms with Crippen LogP contribution in [0.1, 0.15) is 0 Å². The molecule has 0 spiro atoms. The van der Waals surface area contributed by atoms with Crippen LogP contribution < -0.4 is 0 Å². The average Bonchev–Trinajstić information content (AvgIpc) is 1.98. The molecule has 0 amide bonds. The first-order chi connectivity index (χ1) is 5.49. The van der Waals surface area contributed by atoms with Gasteiger partial charge >= 0.3 is 11.9 Å². The molecule has 4 nitrogen and oxygen atoms in total. The van der Waals surface area contributed by atoms with Crippen LogP contribution in [0.3, 0.4) is 0 Å². The maximum Gasteiger partial charge on any atom is 0.335 e. The summed E-state index contributed by atoms with van der Waals surface area (Å²) in [4.78, 5) is 20.5. The van der Waals surface area contributed by atoms with Crippen LogP contribution in [0.15, 0.2) is 36.5 Å². The van der Waals surface area contributed by atoms with Gasteiger partial charge in [-0.15, -0.1) is 0 Å². The van der Waals surface area contributed by atoms with Gasteiger partial charge in [-0.25, -0.2) is 9.59 Å². The highest BCUT2D eigenvalue weighted by molar-refractivity contribution is 5.95. The summed E-state index contributed by atoms with van der Waals surface area (Å²) in [5, 5.41) is 16.8. The lowest BCUT2D eigenvalue weighted by Gasteiger charge is -1.93. The van der Waals surface area contributed by atoms with E-state index in [1.165, 1.54) is 0 Å². The molecule has 64 valence electrons. The molecule has 0 aromatic heterocycles. The monoisotopic (exact) mass is 168 g/mol. The molecule has 0 rings (SSSR count). The van der Waals surface area contributed by atoms with E-state index in [4.69, 9.17) is 10.2 Å². The zero-order chi connectivity index (χ0) is 9.72. The van der Waals surface area contributed by atoms with Gasteiger partial charge in [-0.3, -0.25) is 0 Å². The molecule has 4 heteroatoms. The van der Waals surface area contributed by atoms with Crippen molar-refractivity contribution in [2.75, 3.05) is 0 Å². The standard InChI is InChI=1S/C8H8O4/c1-3-6(8(11)12)4-5(2)7(9)10/h3-4H,1-2H2,(H,9,10)(H,11,12)/b6-4+. The second-order valence-electron chi connectivity index (χ2n) is 1.94. The van der Waals surface area contributed by atoms with E-state index >= 15 is 0 Å². The molecular weight excluding hydrogens is 160 g/mol. The highest BCUT2D eigenvalue weighted by Crippen LogP contribution is 2.02. The van der Waals surface area contributed by atoms with Crippen LogP contribution in [0.5, 0.6) is 0 Å². The van der Waals surface area contributed by atoms with E-state index < -0.39 is 11.9 Å². The number of hydrogen-bond acceptors (Lipinski definition) is 2. The third kappa shape index (κ3) is 2.83. The van der Waals surface area contributed by atoms with E-state index in [9.17, 15) is 9.59 Å². The molecule has 12 heavy (non-hydrogen) atoms. The Morgan fingerprint density at radius 2 is 1.67 bits per heavy atom. The second kappa shape index (κ2) is 4.12. The summed E-state index contributed by atoms with van der Waals surface area (Å²) in [6, 6.07) is 0. The third-order valence-corrected chi connectivity index (χ3v) is 1.07. The summed E-state index contributed by atoms with van der Waals surface area (Å²) in [6.45, 7) is 6.35. The van der Waals surface area contributed by atoms with Crippen LogP contribution in [0.25, 0.3) is 0 Å². The van der Waals surface area contributed by atoms with Crippen molar-refractivity contribution in [1.29, 1.82) is 0 Å². The Bertz CT molecular complexity index is 273. The quantitative estimate of drug-likeness (QED) is 0.481. The summed E-state index contributed by atoms with van der Waals surface area (Å²) in [5.41, 5.74) is -0.477. The lowest BCUT2D eigenvalue weighted by molar-refractivity contribution is -0.132. The highest BCUT2D eigenvalue weighted by Gasteiger charge is 2.06.